The molecule has 0 radical (unpaired) electrons. The monoisotopic (exact) mass is 853 g/mol. The number of fused-ring (bicyclic) bond motifs is 1. The number of Topliss-reactive ketones (excluding diaryl/α,β-unsaturated/α-hetero) is 2. The van der Waals surface area contributed by atoms with Crippen molar-refractivity contribution in [2.24, 2.45) is 5.92 Å². The van der Waals surface area contributed by atoms with Gasteiger partial charge in [0.2, 0.25) is 11.8 Å². The Morgan fingerprint density at radius 3 is 2.16 bits per heavy atom. The summed E-state index contributed by atoms with van der Waals surface area (Å²) in [4.78, 5) is 93.9. The van der Waals surface area contributed by atoms with Crippen molar-refractivity contribution >= 4 is 52.3 Å². The van der Waals surface area contributed by atoms with Crippen LogP contribution < -0.4 is 21.3 Å². The molecule has 0 aliphatic rings. The number of rotatable bonds is 26. The Labute approximate surface area is 362 Å². The third-order valence-electron chi connectivity index (χ3n) is 9.91. The number of ketones is 2. The molecule has 3 aromatic carbocycles. The number of aromatic amines is 1. The number of aliphatic carboxylic acids is 1. The molecule has 0 saturated carbocycles. The van der Waals surface area contributed by atoms with Crippen LogP contribution >= 0.6 is 0 Å². The van der Waals surface area contributed by atoms with Crippen molar-refractivity contribution in [3.63, 3.8) is 0 Å². The summed E-state index contributed by atoms with van der Waals surface area (Å²) in [5.74, 6) is -4.09. The van der Waals surface area contributed by atoms with Crippen molar-refractivity contribution in [2.45, 2.75) is 103 Å². The second-order valence-electron chi connectivity index (χ2n) is 16.1. The van der Waals surface area contributed by atoms with E-state index < -0.39 is 53.4 Å². The molecule has 0 aliphatic heterocycles. The number of amides is 3. The molecule has 0 fully saturated rings. The Bertz CT molecular complexity index is 2100. The molecule has 1 aromatic heterocycles. The Balaban J connectivity index is 1.48. The fraction of sp³-hybridized carbons (Fsp3) is 0.426. The molecule has 0 saturated heterocycles. The molecule has 3 atom stereocenters. The first kappa shape index (κ1) is 48.3. The Morgan fingerprint density at radius 2 is 1.45 bits per heavy atom. The van der Waals surface area contributed by atoms with Gasteiger partial charge in [-0.2, -0.15) is 0 Å². The number of nitrogens with one attached hydrogen (secondary N) is 5. The highest BCUT2D eigenvalue weighted by Gasteiger charge is 2.29. The van der Waals surface area contributed by atoms with Gasteiger partial charge in [-0.05, 0) is 76.5 Å². The SMILES string of the molecule is CC(C)(C)OC(=O)NCCCC[C@H](NCC(=O)c1ccccc1)C(=O)C[C@H](Cc1c[nH]c2ccccc12)C(=O)NCC[C@@H](NC(=O)CCCC(=O)O)C(=O)OCc1ccccc1. The number of para-hydroxylation sites is 1. The number of carbonyl (C=O) groups is 7. The Morgan fingerprint density at radius 1 is 0.758 bits per heavy atom. The molecular formula is C47H59N5O10. The smallest absolute Gasteiger partial charge is 0.407 e. The summed E-state index contributed by atoms with van der Waals surface area (Å²) in [5.41, 5.74) is 2.26. The molecular weight excluding hydrogens is 795 g/mol. The van der Waals surface area contributed by atoms with Crippen LogP contribution in [0, 0.1) is 5.92 Å². The van der Waals surface area contributed by atoms with Crippen molar-refractivity contribution in [1.82, 2.24) is 26.3 Å². The summed E-state index contributed by atoms with van der Waals surface area (Å²) in [7, 11) is 0. The quantitative estimate of drug-likeness (QED) is 0.0251. The highest BCUT2D eigenvalue weighted by Crippen LogP contribution is 2.23. The fourth-order valence-electron chi connectivity index (χ4n) is 6.73. The summed E-state index contributed by atoms with van der Waals surface area (Å²) < 4.78 is 10.8. The van der Waals surface area contributed by atoms with E-state index in [0.717, 1.165) is 22.0 Å². The summed E-state index contributed by atoms with van der Waals surface area (Å²) >= 11 is 0. The molecule has 0 bridgehead atoms. The first-order chi connectivity index (χ1) is 29.7. The predicted molar refractivity (Wildman–Crippen MR) is 233 cm³/mol. The van der Waals surface area contributed by atoms with Crippen LogP contribution in [0.4, 0.5) is 4.79 Å². The van der Waals surface area contributed by atoms with E-state index >= 15 is 0 Å². The third kappa shape index (κ3) is 17.3. The van der Waals surface area contributed by atoms with Gasteiger partial charge in [0.1, 0.15) is 18.2 Å². The van der Waals surface area contributed by atoms with Crippen molar-refractivity contribution in [1.29, 1.82) is 0 Å². The second-order valence-corrected chi connectivity index (χ2v) is 16.1. The normalized spacial score (nSPS) is 12.7. The van der Waals surface area contributed by atoms with Gasteiger partial charge in [-0.25, -0.2) is 9.59 Å². The molecule has 62 heavy (non-hydrogen) atoms. The molecule has 15 heteroatoms. The lowest BCUT2D eigenvalue weighted by molar-refractivity contribution is -0.149. The van der Waals surface area contributed by atoms with Gasteiger partial charge in [0.05, 0.1) is 12.6 Å². The molecule has 0 unspecified atom stereocenters. The van der Waals surface area contributed by atoms with Crippen LogP contribution in [0.3, 0.4) is 0 Å². The number of hydrogen-bond acceptors (Lipinski definition) is 10. The number of unbranched alkanes of at least 4 members (excludes halogenated alkanes) is 1. The molecule has 332 valence electrons. The molecule has 6 N–H and O–H groups in total. The fourth-order valence-corrected chi connectivity index (χ4v) is 6.73. The standard InChI is InChI=1S/C47H59N5O10/c1-47(2,3)62-46(60)49-25-13-12-21-38(51-30-41(54)33-17-8-5-9-18-33)40(53)28-34(27-35-29-50-37-20-11-10-19-36(35)37)44(58)48-26-24-39(52-42(55)22-14-23-43(56)57)45(59)61-31-32-15-6-4-7-16-32/h4-11,15-20,29,34,38-39,50-51H,12-14,21-28,30-31H2,1-3H3,(H,48,58)(H,49,60)(H,52,55)(H,56,57)/t34-,38-,39+/m0/s1. The molecule has 4 aromatic rings. The van der Waals surface area contributed by atoms with Crippen LogP contribution in [0.2, 0.25) is 0 Å². The maximum Gasteiger partial charge on any atom is 0.407 e. The minimum Gasteiger partial charge on any atom is -0.481 e. The van der Waals surface area contributed by atoms with E-state index in [2.05, 4.69) is 26.3 Å². The van der Waals surface area contributed by atoms with E-state index in [9.17, 15) is 33.6 Å². The first-order valence-corrected chi connectivity index (χ1v) is 21.0. The van der Waals surface area contributed by atoms with Crippen LogP contribution in [0.15, 0.2) is 91.1 Å². The average molecular weight is 854 g/mol. The number of benzene rings is 3. The Hall–Kier alpha value is -6.35. The predicted octanol–water partition coefficient (Wildman–Crippen LogP) is 5.81. The van der Waals surface area contributed by atoms with Crippen molar-refractivity contribution in [2.75, 3.05) is 19.6 Å². The number of esters is 1. The van der Waals surface area contributed by atoms with Gasteiger partial charge in [0.25, 0.3) is 0 Å². The number of carboxylic acids is 1. The average Bonchev–Trinajstić information content (AvgIpc) is 3.65. The minimum atomic E-state index is -1.15. The zero-order valence-electron chi connectivity index (χ0n) is 35.7. The summed E-state index contributed by atoms with van der Waals surface area (Å²) in [6.45, 7) is 5.41. The van der Waals surface area contributed by atoms with Gasteiger partial charge in [0.15, 0.2) is 11.6 Å². The zero-order valence-corrected chi connectivity index (χ0v) is 35.7. The van der Waals surface area contributed by atoms with E-state index in [1.807, 2.05) is 30.3 Å². The van der Waals surface area contributed by atoms with E-state index in [4.69, 9.17) is 14.6 Å². The van der Waals surface area contributed by atoms with Gasteiger partial charge < -0.3 is 40.8 Å². The van der Waals surface area contributed by atoms with Gasteiger partial charge in [-0.3, -0.25) is 24.0 Å². The second kappa shape index (κ2) is 24.8. The number of alkyl carbamates (subject to hydrolysis) is 1. The summed E-state index contributed by atoms with van der Waals surface area (Å²) in [6.07, 6.45) is 2.35. The van der Waals surface area contributed by atoms with Crippen molar-refractivity contribution in [3.8, 4) is 0 Å². The molecule has 0 aliphatic carbocycles. The molecule has 0 spiro atoms. The van der Waals surface area contributed by atoms with Crippen LogP contribution in [0.25, 0.3) is 10.9 Å². The highest BCUT2D eigenvalue weighted by molar-refractivity contribution is 5.98. The maximum atomic E-state index is 14.2. The van der Waals surface area contributed by atoms with E-state index in [0.29, 0.717) is 31.4 Å². The molecule has 1 heterocycles. The lowest BCUT2D eigenvalue weighted by Crippen LogP contribution is -2.45. The number of aromatic nitrogens is 1. The number of carboxylic acid groups (broad SMARTS) is 1. The van der Waals surface area contributed by atoms with Gasteiger partial charge in [-0.1, -0.05) is 78.9 Å². The van der Waals surface area contributed by atoms with Crippen LogP contribution in [0.1, 0.15) is 93.6 Å². The lowest BCUT2D eigenvalue weighted by Gasteiger charge is -2.22. The van der Waals surface area contributed by atoms with E-state index in [1.54, 1.807) is 81.6 Å². The third-order valence-corrected chi connectivity index (χ3v) is 9.91. The molecule has 4 rings (SSSR count). The summed E-state index contributed by atoms with van der Waals surface area (Å²) in [6, 6.07) is 23.4. The van der Waals surface area contributed by atoms with Crippen LogP contribution in [0.5, 0.6) is 0 Å². The van der Waals surface area contributed by atoms with Gasteiger partial charge in [0, 0.05) is 60.9 Å². The van der Waals surface area contributed by atoms with Gasteiger partial charge in [-0.15, -0.1) is 0 Å². The topological polar surface area (TPSA) is 222 Å². The van der Waals surface area contributed by atoms with Crippen LogP contribution in [-0.2, 0) is 46.5 Å². The lowest BCUT2D eigenvalue weighted by atomic mass is 9.89. The minimum absolute atomic E-state index is 0.0408. The molecule has 15 nitrogen and oxygen atoms in total. The van der Waals surface area contributed by atoms with E-state index in [-0.39, 0.29) is 69.8 Å². The zero-order chi connectivity index (χ0) is 44.9. The van der Waals surface area contributed by atoms with Crippen molar-refractivity contribution in [3.05, 3.63) is 108 Å². The first-order valence-electron chi connectivity index (χ1n) is 21.0. The van der Waals surface area contributed by atoms with Crippen molar-refractivity contribution < 1.29 is 48.1 Å². The Kier molecular flexibility index (Phi) is 19.3. The van der Waals surface area contributed by atoms with E-state index in [1.165, 1.54) is 0 Å². The highest BCUT2D eigenvalue weighted by atomic mass is 16.6. The van der Waals surface area contributed by atoms with Gasteiger partial charge >= 0.3 is 18.0 Å². The number of ether oxygens (including phenoxy) is 2. The maximum absolute atomic E-state index is 14.2. The number of carbonyl (C=O) groups excluding carboxylic acids is 6. The number of hydrogen-bond donors (Lipinski definition) is 6. The van der Waals surface area contributed by atoms with Crippen LogP contribution in [-0.4, -0.2) is 88.8 Å². The largest absolute Gasteiger partial charge is 0.481 e. The molecule has 3 amide bonds. The summed E-state index contributed by atoms with van der Waals surface area (Å²) in [5, 5.41) is 21.3. The number of H-pyrrole nitrogens is 1.